The number of thiazole rings is 1. The highest BCUT2D eigenvalue weighted by Gasteiger charge is 2.46. The van der Waals surface area contributed by atoms with E-state index in [1.165, 1.54) is 0 Å². The van der Waals surface area contributed by atoms with Crippen molar-refractivity contribution in [1.82, 2.24) is 25.5 Å². The predicted molar refractivity (Wildman–Crippen MR) is 103 cm³/mol. The number of alkyl halides is 2. The lowest BCUT2D eigenvalue weighted by Gasteiger charge is -2.36. The summed E-state index contributed by atoms with van der Waals surface area (Å²) < 4.78 is 28.4. The molecule has 0 unspecified atom stereocenters. The van der Waals surface area contributed by atoms with Crippen LogP contribution in [-0.4, -0.2) is 44.1 Å². The SMILES string of the molecule is C=Cc1sc(C(=O)N[C@@H]2[C@H](N)CCCC2(F)F)nc1-c1n[nH]c2cccnc12. The number of aromatic nitrogens is 4. The second-order valence-corrected chi connectivity index (χ2v) is 7.71. The lowest BCUT2D eigenvalue weighted by atomic mass is 9.87. The summed E-state index contributed by atoms with van der Waals surface area (Å²) in [5, 5.41) is 9.52. The third-order valence-corrected chi connectivity index (χ3v) is 5.84. The molecule has 3 aromatic heterocycles. The number of hydrogen-bond acceptors (Lipinski definition) is 6. The number of hydrogen-bond donors (Lipinski definition) is 3. The van der Waals surface area contributed by atoms with E-state index in [2.05, 4.69) is 32.1 Å². The molecular formula is C18H18F2N6OS. The Morgan fingerprint density at radius 3 is 3.04 bits per heavy atom. The normalized spacial score (nSPS) is 21.5. The number of fused-ring (bicyclic) bond motifs is 1. The average molecular weight is 404 g/mol. The maximum absolute atomic E-state index is 14.2. The quantitative estimate of drug-likeness (QED) is 0.619. The Morgan fingerprint density at radius 2 is 2.29 bits per heavy atom. The van der Waals surface area contributed by atoms with Crippen molar-refractivity contribution in [2.24, 2.45) is 5.73 Å². The number of H-pyrrole nitrogens is 1. The molecule has 3 aromatic rings. The van der Waals surface area contributed by atoms with Crippen molar-refractivity contribution in [3.8, 4) is 11.4 Å². The number of carbonyl (C=O) groups excluding carboxylic acids is 1. The van der Waals surface area contributed by atoms with Gasteiger partial charge >= 0.3 is 0 Å². The highest BCUT2D eigenvalue weighted by molar-refractivity contribution is 7.15. The molecule has 7 nitrogen and oxygen atoms in total. The zero-order chi connectivity index (χ0) is 19.9. The van der Waals surface area contributed by atoms with Gasteiger partial charge in [0.05, 0.1) is 10.4 Å². The zero-order valence-electron chi connectivity index (χ0n) is 14.8. The molecule has 10 heteroatoms. The van der Waals surface area contributed by atoms with Crippen LogP contribution in [-0.2, 0) is 0 Å². The van der Waals surface area contributed by atoms with Crippen molar-refractivity contribution in [2.45, 2.75) is 37.3 Å². The van der Waals surface area contributed by atoms with Gasteiger partial charge in [0.15, 0.2) is 5.01 Å². The van der Waals surface area contributed by atoms with Crippen molar-refractivity contribution >= 4 is 34.4 Å². The van der Waals surface area contributed by atoms with Crippen molar-refractivity contribution < 1.29 is 13.6 Å². The molecule has 28 heavy (non-hydrogen) atoms. The van der Waals surface area contributed by atoms with Gasteiger partial charge < -0.3 is 11.1 Å². The summed E-state index contributed by atoms with van der Waals surface area (Å²) in [5.41, 5.74) is 8.05. The second-order valence-electron chi connectivity index (χ2n) is 6.68. The van der Waals surface area contributed by atoms with Crippen LogP contribution in [0.2, 0.25) is 0 Å². The summed E-state index contributed by atoms with van der Waals surface area (Å²) in [6.07, 6.45) is 3.65. The Morgan fingerprint density at radius 1 is 1.46 bits per heavy atom. The fourth-order valence-electron chi connectivity index (χ4n) is 3.38. The van der Waals surface area contributed by atoms with Crippen LogP contribution in [0.5, 0.6) is 0 Å². The van der Waals surface area contributed by atoms with Crippen LogP contribution in [0.25, 0.3) is 28.5 Å². The number of nitrogens with one attached hydrogen (secondary N) is 2. The van der Waals surface area contributed by atoms with Crippen LogP contribution >= 0.6 is 11.3 Å². The third kappa shape index (κ3) is 3.18. The summed E-state index contributed by atoms with van der Waals surface area (Å²) in [4.78, 5) is 21.9. The Balaban J connectivity index is 1.66. The van der Waals surface area contributed by atoms with Gasteiger partial charge in [-0.15, -0.1) is 11.3 Å². The molecule has 1 fully saturated rings. The van der Waals surface area contributed by atoms with Crippen LogP contribution in [0, 0.1) is 0 Å². The van der Waals surface area contributed by atoms with Crippen LogP contribution in [0.1, 0.15) is 33.9 Å². The first kappa shape index (κ1) is 18.6. The smallest absolute Gasteiger partial charge is 0.280 e. The number of rotatable bonds is 4. The predicted octanol–water partition coefficient (Wildman–Crippen LogP) is 2.97. The second kappa shape index (κ2) is 7.02. The molecule has 3 heterocycles. The molecule has 0 saturated heterocycles. The Hall–Kier alpha value is -2.72. The molecule has 0 spiro atoms. The van der Waals surface area contributed by atoms with Crippen molar-refractivity contribution in [2.75, 3.05) is 0 Å². The van der Waals surface area contributed by atoms with E-state index < -0.39 is 23.9 Å². The fraction of sp³-hybridized carbons (Fsp3) is 0.333. The maximum atomic E-state index is 14.2. The first-order valence-corrected chi connectivity index (χ1v) is 9.59. The highest BCUT2D eigenvalue weighted by Crippen LogP contribution is 2.34. The summed E-state index contributed by atoms with van der Waals surface area (Å²) in [6, 6.07) is 1.37. The van der Waals surface area contributed by atoms with Crippen molar-refractivity contribution in [3.63, 3.8) is 0 Å². The number of halogens is 2. The van der Waals surface area contributed by atoms with E-state index in [9.17, 15) is 13.6 Å². The van der Waals surface area contributed by atoms with Gasteiger partial charge in [-0.1, -0.05) is 6.58 Å². The Bertz CT molecular complexity index is 1050. The van der Waals surface area contributed by atoms with Gasteiger partial charge in [-0.2, -0.15) is 5.10 Å². The molecule has 146 valence electrons. The van der Waals surface area contributed by atoms with E-state index in [1.54, 1.807) is 18.3 Å². The number of aromatic amines is 1. The molecule has 0 bridgehead atoms. The molecule has 4 N–H and O–H groups in total. The van der Waals surface area contributed by atoms with Gasteiger partial charge in [0, 0.05) is 18.7 Å². The van der Waals surface area contributed by atoms with Gasteiger partial charge in [-0.3, -0.25) is 14.9 Å². The van der Waals surface area contributed by atoms with Gasteiger partial charge in [0.1, 0.15) is 22.9 Å². The number of nitrogens with two attached hydrogens (primary N) is 1. The topological polar surface area (TPSA) is 110 Å². The number of amides is 1. The van der Waals surface area contributed by atoms with E-state index >= 15 is 0 Å². The largest absolute Gasteiger partial charge is 0.340 e. The van der Waals surface area contributed by atoms with Crippen LogP contribution in [0.15, 0.2) is 24.9 Å². The minimum absolute atomic E-state index is 0.0468. The summed E-state index contributed by atoms with van der Waals surface area (Å²) >= 11 is 1.06. The van der Waals surface area contributed by atoms with Crippen LogP contribution < -0.4 is 11.1 Å². The fourth-order valence-corrected chi connectivity index (χ4v) is 4.20. The molecule has 1 aliphatic rings. The van der Waals surface area contributed by atoms with Gasteiger partial charge in [0.2, 0.25) is 0 Å². The Labute approximate surface area is 163 Å². The van der Waals surface area contributed by atoms with Gasteiger partial charge in [-0.05, 0) is 31.1 Å². The van der Waals surface area contributed by atoms with E-state index in [0.717, 1.165) is 16.9 Å². The lowest BCUT2D eigenvalue weighted by Crippen LogP contribution is -2.59. The molecule has 1 amide bonds. The standard InChI is InChI=1S/C18H18F2N6OS/c1-2-11-13(14-12-10(25-26-14)6-4-8-22-12)23-17(28-11)16(27)24-15-9(21)5-3-7-18(15,19)20/h2,4,6,8-9,15H,1,3,5,7,21H2,(H,24,27)(H,25,26)/t9-,15-/m1/s1. The monoisotopic (exact) mass is 404 g/mol. The molecule has 1 saturated carbocycles. The van der Waals surface area contributed by atoms with E-state index in [1.807, 2.05) is 6.07 Å². The molecule has 4 rings (SSSR count). The van der Waals surface area contributed by atoms with E-state index in [0.29, 0.717) is 34.6 Å². The van der Waals surface area contributed by atoms with Gasteiger partial charge in [0.25, 0.3) is 11.8 Å². The molecule has 0 aromatic carbocycles. The number of pyridine rings is 1. The zero-order valence-corrected chi connectivity index (χ0v) is 15.6. The highest BCUT2D eigenvalue weighted by atomic mass is 32.1. The van der Waals surface area contributed by atoms with Crippen molar-refractivity contribution in [3.05, 3.63) is 34.8 Å². The van der Waals surface area contributed by atoms with Crippen molar-refractivity contribution in [1.29, 1.82) is 0 Å². The Kier molecular flexibility index (Phi) is 4.68. The molecule has 1 aliphatic carbocycles. The molecule has 0 radical (unpaired) electrons. The first-order valence-electron chi connectivity index (χ1n) is 8.77. The molecular weight excluding hydrogens is 386 g/mol. The minimum Gasteiger partial charge on any atom is -0.340 e. The minimum atomic E-state index is -3.04. The first-order chi connectivity index (χ1) is 13.4. The lowest BCUT2D eigenvalue weighted by molar-refractivity contribution is -0.0674. The molecule has 0 aliphatic heterocycles. The maximum Gasteiger partial charge on any atom is 0.280 e. The molecule has 2 atom stereocenters. The third-order valence-electron chi connectivity index (χ3n) is 4.79. The summed E-state index contributed by atoms with van der Waals surface area (Å²) in [6.45, 7) is 3.75. The average Bonchev–Trinajstić information content (AvgIpc) is 3.28. The number of carbonyl (C=O) groups is 1. The van der Waals surface area contributed by atoms with Crippen LogP contribution in [0.3, 0.4) is 0 Å². The number of nitrogens with zero attached hydrogens (tertiary/aromatic N) is 3. The van der Waals surface area contributed by atoms with Gasteiger partial charge in [-0.25, -0.2) is 13.8 Å². The van der Waals surface area contributed by atoms with E-state index in [-0.39, 0.29) is 11.4 Å². The van der Waals surface area contributed by atoms with Crippen LogP contribution in [0.4, 0.5) is 8.78 Å². The summed E-state index contributed by atoms with van der Waals surface area (Å²) in [5.74, 6) is -3.73. The summed E-state index contributed by atoms with van der Waals surface area (Å²) in [7, 11) is 0. The van der Waals surface area contributed by atoms with E-state index in [4.69, 9.17) is 5.73 Å².